The highest BCUT2D eigenvalue weighted by atomic mass is 16.6. The number of nitrogens with two attached hydrogens (primary N) is 1. The Labute approximate surface area is 148 Å². The van der Waals surface area contributed by atoms with E-state index in [0.29, 0.717) is 19.7 Å². The smallest absolute Gasteiger partial charge is 0.410 e. The van der Waals surface area contributed by atoms with Gasteiger partial charge in [0.15, 0.2) is 0 Å². The van der Waals surface area contributed by atoms with Crippen molar-refractivity contribution in [3.05, 3.63) is 65.7 Å². The molecule has 0 saturated carbocycles. The van der Waals surface area contributed by atoms with Gasteiger partial charge in [-0.2, -0.15) is 0 Å². The molecule has 2 aromatic rings. The Balaban J connectivity index is 1.47. The predicted octanol–water partition coefficient (Wildman–Crippen LogP) is 3.50. The Morgan fingerprint density at radius 2 is 1.92 bits per heavy atom. The van der Waals surface area contributed by atoms with Crippen molar-refractivity contribution in [2.24, 2.45) is 5.73 Å². The molecule has 1 aliphatic rings. The van der Waals surface area contributed by atoms with Crippen LogP contribution in [-0.2, 0) is 11.3 Å². The van der Waals surface area contributed by atoms with E-state index in [1.807, 2.05) is 61.5 Å². The maximum atomic E-state index is 12.2. The summed E-state index contributed by atoms with van der Waals surface area (Å²) in [5.41, 5.74) is 7.91. The molecule has 0 spiro atoms. The van der Waals surface area contributed by atoms with Crippen LogP contribution in [0.3, 0.4) is 0 Å². The number of likely N-dealkylation sites (tertiary alicyclic amines) is 1. The Kier molecular flexibility index (Phi) is 5.56. The number of amides is 1. The van der Waals surface area contributed by atoms with Crippen LogP contribution in [0.4, 0.5) is 4.79 Å². The lowest BCUT2D eigenvalue weighted by molar-refractivity contribution is 0.0991. The Bertz CT molecular complexity index is 686. The van der Waals surface area contributed by atoms with Gasteiger partial charge in [-0.3, -0.25) is 0 Å². The molecule has 2 atom stereocenters. The van der Waals surface area contributed by atoms with Crippen LogP contribution in [0, 0.1) is 0 Å². The van der Waals surface area contributed by atoms with E-state index < -0.39 is 0 Å². The highest BCUT2D eigenvalue weighted by Gasteiger charge is 2.28. The fraction of sp³-hybridized carbons (Fsp3) is 0.350. The van der Waals surface area contributed by atoms with E-state index in [1.54, 1.807) is 4.90 Å². The summed E-state index contributed by atoms with van der Waals surface area (Å²) < 4.78 is 11.3. The average Bonchev–Trinajstić information content (AvgIpc) is 3.09. The number of benzene rings is 2. The second kappa shape index (κ2) is 8.03. The molecular formula is C20H24N2O3. The minimum Gasteiger partial charge on any atom is -0.489 e. The minimum atomic E-state index is -0.290. The van der Waals surface area contributed by atoms with Gasteiger partial charge in [0.05, 0.1) is 6.54 Å². The lowest BCUT2D eigenvalue weighted by atomic mass is 10.1. The zero-order chi connectivity index (χ0) is 17.6. The van der Waals surface area contributed by atoms with Crippen LogP contribution < -0.4 is 10.5 Å². The summed E-state index contributed by atoms with van der Waals surface area (Å²) in [5, 5.41) is 0. The second-order valence-corrected chi connectivity index (χ2v) is 6.37. The van der Waals surface area contributed by atoms with Crippen LogP contribution in [-0.4, -0.2) is 30.2 Å². The topological polar surface area (TPSA) is 64.8 Å². The van der Waals surface area contributed by atoms with Crippen LogP contribution in [0.25, 0.3) is 0 Å². The van der Waals surface area contributed by atoms with E-state index in [1.165, 1.54) is 0 Å². The first-order valence-electron chi connectivity index (χ1n) is 8.59. The molecule has 0 aliphatic carbocycles. The largest absolute Gasteiger partial charge is 0.489 e. The van der Waals surface area contributed by atoms with E-state index in [9.17, 15) is 4.79 Å². The highest BCUT2D eigenvalue weighted by Crippen LogP contribution is 2.21. The molecule has 2 unspecified atom stereocenters. The molecular weight excluding hydrogens is 316 g/mol. The molecule has 1 heterocycles. The number of carbonyl (C=O) groups excluding carboxylic acids is 1. The van der Waals surface area contributed by atoms with Gasteiger partial charge in [0.2, 0.25) is 0 Å². The molecule has 1 fully saturated rings. The molecule has 5 heteroatoms. The zero-order valence-corrected chi connectivity index (χ0v) is 14.4. The van der Waals surface area contributed by atoms with E-state index >= 15 is 0 Å². The third-order valence-electron chi connectivity index (χ3n) is 4.32. The number of carbonyl (C=O) groups is 1. The quantitative estimate of drug-likeness (QED) is 0.905. The molecule has 0 radical (unpaired) electrons. The molecule has 2 aromatic carbocycles. The predicted molar refractivity (Wildman–Crippen MR) is 96.3 cm³/mol. The van der Waals surface area contributed by atoms with Crippen molar-refractivity contribution in [3.63, 3.8) is 0 Å². The van der Waals surface area contributed by atoms with Crippen LogP contribution in [0.5, 0.6) is 5.75 Å². The van der Waals surface area contributed by atoms with Gasteiger partial charge in [-0.1, -0.05) is 42.5 Å². The second-order valence-electron chi connectivity index (χ2n) is 6.37. The van der Waals surface area contributed by atoms with Crippen LogP contribution >= 0.6 is 0 Å². The van der Waals surface area contributed by atoms with Gasteiger partial charge in [0, 0.05) is 19.0 Å². The molecule has 1 aliphatic heterocycles. The van der Waals surface area contributed by atoms with Crippen LogP contribution in [0.1, 0.15) is 30.5 Å². The van der Waals surface area contributed by atoms with E-state index in [-0.39, 0.29) is 18.2 Å². The van der Waals surface area contributed by atoms with Crippen molar-refractivity contribution < 1.29 is 14.3 Å². The van der Waals surface area contributed by atoms with Gasteiger partial charge >= 0.3 is 6.09 Å². The van der Waals surface area contributed by atoms with Gasteiger partial charge in [0.1, 0.15) is 18.5 Å². The SMILES string of the molecule is CC(N)c1ccc(OC2CCN(C(=O)OCc3ccccc3)C2)cc1. The fourth-order valence-electron chi connectivity index (χ4n) is 2.84. The maximum absolute atomic E-state index is 12.2. The number of ether oxygens (including phenoxy) is 2. The number of hydrogen-bond acceptors (Lipinski definition) is 4. The summed E-state index contributed by atoms with van der Waals surface area (Å²) >= 11 is 0. The third-order valence-corrected chi connectivity index (χ3v) is 4.32. The summed E-state index contributed by atoms with van der Waals surface area (Å²) in [5.74, 6) is 0.800. The number of nitrogens with zero attached hydrogens (tertiary/aromatic N) is 1. The van der Waals surface area contributed by atoms with Gasteiger partial charge in [-0.15, -0.1) is 0 Å². The summed E-state index contributed by atoms with van der Waals surface area (Å²) in [6.45, 7) is 3.44. The molecule has 0 aromatic heterocycles. The lowest BCUT2D eigenvalue weighted by Gasteiger charge is -2.17. The first-order chi connectivity index (χ1) is 12.1. The first kappa shape index (κ1) is 17.3. The fourth-order valence-corrected chi connectivity index (χ4v) is 2.84. The van der Waals surface area contributed by atoms with Crippen molar-refractivity contribution in [2.45, 2.75) is 32.1 Å². The first-order valence-corrected chi connectivity index (χ1v) is 8.59. The molecule has 5 nitrogen and oxygen atoms in total. The lowest BCUT2D eigenvalue weighted by Crippen LogP contribution is -2.31. The molecule has 1 saturated heterocycles. The van der Waals surface area contributed by atoms with Crippen molar-refractivity contribution in [1.29, 1.82) is 0 Å². The highest BCUT2D eigenvalue weighted by molar-refractivity contribution is 5.68. The van der Waals surface area contributed by atoms with Gasteiger partial charge < -0.3 is 20.1 Å². The molecule has 0 bridgehead atoms. The normalized spacial score (nSPS) is 18.0. The molecule has 132 valence electrons. The molecule has 1 amide bonds. The van der Waals surface area contributed by atoms with Crippen molar-refractivity contribution in [1.82, 2.24) is 4.90 Å². The average molecular weight is 340 g/mol. The number of rotatable bonds is 5. The Morgan fingerprint density at radius 1 is 1.20 bits per heavy atom. The summed E-state index contributed by atoms with van der Waals surface area (Å²) in [7, 11) is 0. The summed E-state index contributed by atoms with van der Waals surface area (Å²) in [6, 6.07) is 17.5. The number of hydrogen-bond donors (Lipinski definition) is 1. The van der Waals surface area contributed by atoms with Gasteiger partial charge in [-0.25, -0.2) is 4.79 Å². The van der Waals surface area contributed by atoms with Gasteiger partial charge in [-0.05, 0) is 30.2 Å². The molecule has 3 rings (SSSR count). The van der Waals surface area contributed by atoms with E-state index in [0.717, 1.165) is 23.3 Å². The summed E-state index contributed by atoms with van der Waals surface area (Å²) in [6.07, 6.45) is 0.503. The summed E-state index contributed by atoms with van der Waals surface area (Å²) in [4.78, 5) is 13.9. The van der Waals surface area contributed by atoms with Crippen molar-refractivity contribution in [3.8, 4) is 5.75 Å². The third kappa shape index (κ3) is 4.73. The Morgan fingerprint density at radius 3 is 2.60 bits per heavy atom. The minimum absolute atomic E-state index is 0.00887. The van der Waals surface area contributed by atoms with Crippen molar-refractivity contribution in [2.75, 3.05) is 13.1 Å². The van der Waals surface area contributed by atoms with Crippen LogP contribution in [0.15, 0.2) is 54.6 Å². The van der Waals surface area contributed by atoms with Crippen molar-refractivity contribution >= 4 is 6.09 Å². The van der Waals surface area contributed by atoms with E-state index in [2.05, 4.69) is 0 Å². The standard InChI is InChI=1S/C20H24N2O3/c1-15(21)17-7-9-18(10-8-17)25-19-11-12-22(13-19)20(23)24-14-16-5-3-2-4-6-16/h2-10,15,19H,11-14,21H2,1H3. The monoisotopic (exact) mass is 340 g/mol. The molecule has 25 heavy (non-hydrogen) atoms. The Hall–Kier alpha value is -2.53. The van der Waals surface area contributed by atoms with Crippen LogP contribution in [0.2, 0.25) is 0 Å². The van der Waals surface area contributed by atoms with Gasteiger partial charge in [0.25, 0.3) is 0 Å². The maximum Gasteiger partial charge on any atom is 0.410 e. The zero-order valence-electron chi connectivity index (χ0n) is 14.4. The molecule has 2 N–H and O–H groups in total. The van der Waals surface area contributed by atoms with E-state index in [4.69, 9.17) is 15.2 Å².